The third-order valence-electron chi connectivity index (χ3n) is 13.0. The molecule has 0 aliphatic rings. The van der Waals surface area contributed by atoms with E-state index in [9.17, 15) is 33.6 Å². The van der Waals surface area contributed by atoms with Gasteiger partial charge in [0.2, 0.25) is 35.4 Å². The highest BCUT2D eigenvalue weighted by Crippen LogP contribution is 2.15. The molecule has 0 aromatic heterocycles. The number of ether oxygens (including phenoxy) is 5. The summed E-state index contributed by atoms with van der Waals surface area (Å²) in [5, 5.41) is 17.2. The third-order valence-corrected chi connectivity index (χ3v) is 13.0. The Morgan fingerprint density at radius 1 is 0.382 bits per heavy atom. The summed E-state index contributed by atoms with van der Waals surface area (Å²) in [6.45, 7) is 8.22. The predicted octanol–water partition coefficient (Wildman–Crippen LogP) is 6.65. The van der Waals surface area contributed by atoms with Crippen LogP contribution in [0.4, 0.5) is 0 Å². The molecule has 6 amide bonds. The second-order valence-corrected chi connectivity index (χ2v) is 20.0. The molecule has 0 saturated carbocycles. The molecular weight excluding hydrogens is 975 g/mol. The number of ketones is 1. The van der Waals surface area contributed by atoms with Gasteiger partial charge in [-0.15, -0.1) is 0 Å². The number of amides is 6. The van der Waals surface area contributed by atoms with E-state index >= 15 is 0 Å². The zero-order chi connectivity index (χ0) is 55.8. The van der Waals surface area contributed by atoms with Crippen LogP contribution >= 0.6 is 0 Å². The van der Waals surface area contributed by atoms with Gasteiger partial charge in [-0.25, -0.2) is 0 Å². The molecule has 0 fully saturated rings. The van der Waals surface area contributed by atoms with Crippen LogP contribution in [0, 0.1) is 5.92 Å². The molecule has 0 radical (unpaired) electrons. The minimum absolute atomic E-state index is 0.0193. The van der Waals surface area contributed by atoms with E-state index in [-0.39, 0.29) is 101 Å². The molecular formula is C57H109N7O12. The third kappa shape index (κ3) is 51.0. The van der Waals surface area contributed by atoms with Crippen LogP contribution in [0.2, 0.25) is 0 Å². The molecule has 0 bridgehead atoms. The van der Waals surface area contributed by atoms with E-state index in [1.165, 1.54) is 89.9 Å². The first-order chi connectivity index (χ1) is 37.0. The number of unbranched alkanes of at least 4 members (excludes halogenated alkanes) is 20. The van der Waals surface area contributed by atoms with Crippen molar-refractivity contribution >= 4 is 41.2 Å². The van der Waals surface area contributed by atoms with Gasteiger partial charge in [-0.3, -0.25) is 33.6 Å². The molecule has 0 aromatic rings. The molecule has 0 aliphatic heterocycles. The Labute approximate surface area is 459 Å². The predicted molar refractivity (Wildman–Crippen MR) is 300 cm³/mol. The SMILES string of the molecule is CCCCCCCCCCCC(=O)NCCCCCOCC(=O)C[C@@H](CCCCNC(=O)COCCOCCNC(=O)CCCCCCCCCCC)C(=O)NCCOCCOCC(=O)NCCCC[C@H](NC)C(N)=O. The van der Waals surface area contributed by atoms with Crippen LogP contribution < -0.4 is 37.6 Å². The molecule has 444 valence electrons. The molecule has 76 heavy (non-hydrogen) atoms. The molecule has 19 heteroatoms. The first kappa shape index (κ1) is 72.2. The van der Waals surface area contributed by atoms with Crippen molar-refractivity contribution in [3.63, 3.8) is 0 Å². The van der Waals surface area contributed by atoms with Gasteiger partial charge >= 0.3 is 0 Å². The first-order valence-corrected chi connectivity index (χ1v) is 29.7. The lowest BCUT2D eigenvalue weighted by atomic mass is 9.95. The van der Waals surface area contributed by atoms with Gasteiger partial charge < -0.3 is 61.3 Å². The molecule has 0 unspecified atom stereocenters. The Bertz CT molecular complexity index is 1450. The fraction of sp³-hybridized carbons (Fsp3) is 0.877. The fourth-order valence-electron chi connectivity index (χ4n) is 8.35. The Morgan fingerprint density at radius 2 is 0.776 bits per heavy atom. The highest BCUT2D eigenvalue weighted by atomic mass is 16.5. The van der Waals surface area contributed by atoms with Crippen molar-refractivity contribution in [2.45, 2.75) is 213 Å². The van der Waals surface area contributed by atoms with Crippen LogP contribution in [0.5, 0.6) is 0 Å². The van der Waals surface area contributed by atoms with Crippen molar-refractivity contribution in [2.24, 2.45) is 11.7 Å². The smallest absolute Gasteiger partial charge is 0.245 e. The number of nitrogens with two attached hydrogens (primary N) is 1. The molecule has 0 saturated heterocycles. The van der Waals surface area contributed by atoms with Crippen molar-refractivity contribution < 1.29 is 57.2 Å². The lowest BCUT2D eigenvalue weighted by Crippen LogP contribution is -2.39. The summed E-state index contributed by atoms with van der Waals surface area (Å²) in [7, 11) is 1.68. The molecule has 0 heterocycles. The summed E-state index contributed by atoms with van der Waals surface area (Å²) in [6, 6.07) is -0.386. The van der Waals surface area contributed by atoms with Gasteiger partial charge in [0.15, 0.2) is 5.78 Å². The van der Waals surface area contributed by atoms with Crippen molar-refractivity contribution in [2.75, 3.05) is 106 Å². The van der Waals surface area contributed by atoms with Crippen molar-refractivity contribution in [1.29, 1.82) is 0 Å². The Balaban J connectivity index is 4.46. The number of Topliss-reactive ketones (excluding diaryl/α,β-unsaturated/α-hetero) is 1. The van der Waals surface area contributed by atoms with E-state index in [1.807, 2.05) is 0 Å². The van der Waals surface area contributed by atoms with E-state index < -0.39 is 11.8 Å². The first-order valence-electron chi connectivity index (χ1n) is 29.7. The summed E-state index contributed by atoms with van der Waals surface area (Å²) in [5.41, 5.74) is 5.33. The van der Waals surface area contributed by atoms with Crippen molar-refractivity contribution in [1.82, 2.24) is 31.9 Å². The minimum Gasteiger partial charge on any atom is -0.377 e. The van der Waals surface area contributed by atoms with E-state index in [4.69, 9.17) is 29.4 Å². The van der Waals surface area contributed by atoms with E-state index in [1.54, 1.807) is 7.05 Å². The zero-order valence-corrected chi connectivity index (χ0v) is 48.0. The second kappa shape index (κ2) is 56.0. The Morgan fingerprint density at radius 3 is 1.26 bits per heavy atom. The topological polar surface area (TPSA) is 264 Å². The lowest BCUT2D eigenvalue weighted by Gasteiger charge is -2.17. The number of rotatable bonds is 59. The maximum atomic E-state index is 13.3. The lowest BCUT2D eigenvalue weighted by molar-refractivity contribution is -0.131. The fourth-order valence-corrected chi connectivity index (χ4v) is 8.35. The number of carbonyl (C=O) groups is 7. The summed E-state index contributed by atoms with van der Waals surface area (Å²) < 4.78 is 27.6. The van der Waals surface area contributed by atoms with Gasteiger partial charge in [0.05, 0.1) is 45.7 Å². The van der Waals surface area contributed by atoms with Crippen LogP contribution in [-0.2, 0) is 57.2 Å². The maximum absolute atomic E-state index is 13.3. The van der Waals surface area contributed by atoms with E-state index in [0.717, 1.165) is 51.4 Å². The number of nitrogens with one attached hydrogen (secondary N) is 6. The van der Waals surface area contributed by atoms with Crippen LogP contribution in [0.25, 0.3) is 0 Å². The molecule has 0 aliphatic carbocycles. The standard InChI is InChI=1S/C57H109N7O12/c1-4-6-8-10-12-14-16-18-21-31-52(66)60-33-25-20-28-38-74-46-50(65)45-49(57(71)64-37-40-73-42-44-76-48-55(69)62-35-27-24-30-51(59-3)56(58)70)29-23-26-34-61-54(68)47-75-43-41-72-39-36-63-53(67)32-22-19-17-15-13-11-9-7-5-2/h49,51,59H,4-48H2,1-3H3,(H2,58,70)(H,60,66)(H,61,68)(H,62,69)(H,63,67)(H,64,71)/t49-,51+/m1/s1. The van der Waals surface area contributed by atoms with Gasteiger partial charge in [-0.05, 0) is 71.3 Å². The quantitative estimate of drug-likeness (QED) is 0.0315. The van der Waals surface area contributed by atoms with Crippen molar-refractivity contribution in [3.05, 3.63) is 0 Å². The van der Waals surface area contributed by atoms with Gasteiger partial charge in [0.1, 0.15) is 19.8 Å². The zero-order valence-electron chi connectivity index (χ0n) is 48.0. The minimum atomic E-state index is -0.586. The summed E-state index contributed by atoms with van der Waals surface area (Å²) in [4.78, 5) is 86.3. The van der Waals surface area contributed by atoms with Crippen LogP contribution in [-0.4, -0.2) is 153 Å². The highest BCUT2D eigenvalue weighted by molar-refractivity contribution is 5.87. The number of likely N-dealkylation sites (N-methyl/N-ethyl adjacent to an activating group) is 1. The molecule has 2 atom stereocenters. The number of primary amides is 1. The maximum Gasteiger partial charge on any atom is 0.245 e. The number of hydrogen-bond donors (Lipinski definition) is 7. The number of carbonyl (C=O) groups excluding carboxylic acids is 7. The van der Waals surface area contributed by atoms with Gasteiger partial charge in [-0.1, -0.05) is 123 Å². The molecule has 19 nitrogen and oxygen atoms in total. The van der Waals surface area contributed by atoms with E-state index in [2.05, 4.69) is 45.7 Å². The second-order valence-electron chi connectivity index (χ2n) is 20.0. The average Bonchev–Trinajstić information content (AvgIpc) is 3.40. The molecule has 0 rings (SSSR count). The highest BCUT2D eigenvalue weighted by Gasteiger charge is 2.22. The number of hydrogen-bond acceptors (Lipinski definition) is 13. The molecule has 8 N–H and O–H groups in total. The largest absolute Gasteiger partial charge is 0.377 e. The molecule has 0 aromatic carbocycles. The average molecular weight is 1080 g/mol. The molecule has 0 spiro atoms. The van der Waals surface area contributed by atoms with Gasteiger partial charge in [-0.2, -0.15) is 0 Å². The van der Waals surface area contributed by atoms with Gasteiger partial charge in [0.25, 0.3) is 0 Å². The van der Waals surface area contributed by atoms with Crippen LogP contribution in [0.3, 0.4) is 0 Å². The van der Waals surface area contributed by atoms with Gasteiger partial charge in [0, 0.05) is 64.5 Å². The summed E-state index contributed by atoms with van der Waals surface area (Å²) in [6.07, 6.45) is 29.2. The van der Waals surface area contributed by atoms with Crippen LogP contribution in [0.15, 0.2) is 0 Å². The van der Waals surface area contributed by atoms with E-state index in [0.29, 0.717) is 90.9 Å². The summed E-state index contributed by atoms with van der Waals surface area (Å²) in [5.74, 6) is -1.79. The Hall–Kier alpha value is -3.75. The monoisotopic (exact) mass is 1080 g/mol. The Kier molecular flexibility index (Phi) is 53.2. The normalized spacial score (nSPS) is 12.0. The summed E-state index contributed by atoms with van der Waals surface area (Å²) >= 11 is 0. The van der Waals surface area contributed by atoms with Crippen molar-refractivity contribution in [3.8, 4) is 0 Å². The van der Waals surface area contributed by atoms with Crippen LogP contribution in [0.1, 0.15) is 206 Å².